The number of nitrogen functional groups attached to an aromatic ring is 1. The summed E-state index contributed by atoms with van der Waals surface area (Å²) >= 11 is 0. The molecule has 92 valence electrons. The molecule has 0 atom stereocenters. The molecule has 0 radical (unpaired) electrons. The number of nitriles is 1. The van der Waals surface area contributed by atoms with E-state index in [1.807, 2.05) is 0 Å². The van der Waals surface area contributed by atoms with Crippen LogP contribution in [0.2, 0.25) is 0 Å². The summed E-state index contributed by atoms with van der Waals surface area (Å²) in [5, 5.41) is 8.36. The van der Waals surface area contributed by atoms with Crippen molar-refractivity contribution in [3.05, 3.63) is 22.9 Å². The van der Waals surface area contributed by atoms with E-state index in [1.165, 1.54) is 0 Å². The minimum Gasteiger partial charge on any atom is -0.383 e. The fourth-order valence-corrected chi connectivity index (χ4v) is 1.21. The van der Waals surface area contributed by atoms with Gasteiger partial charge in [-0.25, -0.2) is 13.8 Å². The molecule has 0 spiro atoms. The van der Waals surface area contributed by atoms with Gasteiger partial charge in [-0.2, -0.15) is 18.4 Å². The molecule has 0 fully saturated rings. The molecule has 1 aromatic rings. The highest BCUT2D eigenvalue weighted by Gasteiger charge is 2.38. The van der Waals surface area contributed by atoms with E-state index in [2.05, 4.69) is 4.98 Å². The van der Waals surface area contributed by atoms with Gasteiger partial charge in [-0.3, -0.25) is 0 Å². The number of alkyl halides is 5. The molecule has 0 amide bonds. The van der Waals surface area contributed by atoms with Crippen molar-refractivity contribution in [1.29, 1.82) is 5.26 Å². The molecule has 0 aliphatic carbocycles. The minimum atomic E-state index is -5.01. The Morgan fingerprint density at radius 3 is 2.41 bits per heavy atom. The fraction of sp³-hybridized carbons (Fsp3) is 0.333. The second-order valence-corrected chi connectivity index (χ2v) is 3.10. The Morgan fingerprint density at radius 2 is 2.00 bits per heavy atom. The van der Waals surface area contributed by atoms with Crippen molar-refractivity contribution in [1.82, 2.24) is 4.98 Å². The smallest absolute Gasteiger partial charge is 0.383 e. The van der Waals surface area contributed by atoms with Crippen molar-refractivity contribution < 1.29 is 22.0 Å². The zero-order valence-electron chi connectivity index (χ0n) is 8.22. The van der Waals surface area contributed by atoms with E-state index < -0.39 is 29.7 Å². The summed E-state index contributed by atoms with van der Waals surface area (Å²) in [7, 11) is 0. The van der Waals surface area contributed by atoms with Crippen LogP contribution in [-0.4, -0.2) is 4.98 Å². The summed E-state index contributed by atoms with van der Waals surface area (Å²) in [6.45, 7) is 0. The molecule has 17 heavy (non-hydrogen) atoms. The third-order valence-corrected chi connectivity index (χ3v) is 1.94. The lowest BCUT2D eigenvalue weighted by atomic mass is 10.1. The average Bonchev–Trinajstić information content (AvgIpc) is 2.19. The highest BCUT2D eigenvalue weighted by Crippen LogP contribution is 2.36. The first-order chi connectivity index (χ1) is 7.77. The third-order valence-electron chi connectivity index (χ3n) is 1.94. The summed E-state index contributed by atoms with van der Waals surface area (Å²) < 4.78 is 62.1. The SMILES string of the molecule is N#CCc1cc(C(F)F)c(C(F)(F)F)nc1N. The number of pyridine rings is 1. The Kier molecular flexibility index (Phi) is 3.50. The molecule has 8 heteroatoms. The maximum atomic E-state index is 12.4. The number of halogens is 5. The Bertz CT molecular complexity index is 461. The van der Waals surface area contributed by atoms with Crippen LogP contribution in [0.4, 0.5) is 27.8 Å². The number of hydrogen-bond donors (Lipinski definition) is 1. The van der Waals surface area contributed by atoms with Gasteiger partial charge in [-0.1, -0.05) is 0 Å². The van der Waals surface area contributed by atoms with Gasteiger partial charge >= 0.3 is 6.18 Å². The molecule has 0 aromatic carbocycles. The maximum absolute atomic E-state index is 12.4. The maximum Gasteiger partial charge on any atom is 0.433 e. The van der Waals surface area contributed by atoms with E-state index in [1.54, 1.807) is 6.07 Å². The van der Waals surface area contributed by atoms with Crippen LogP contribution in [0, 0.1) is 11.3 Å². The summed E-state index contributed by atoms with van der Waals surface area (Å²) in [6, 6.07) is 2.17. The van der Waals surface area contributed by atoms with E-state index in [-0.39, 0.29) is 12.0 Å². The quantitative estimate of drug-likeness (QED) is 0.822. The van der Waals surface area contributed by atoms with Crippen LogP contribution in [0.15, 0.2) is 6.07 Å². The molecular formula is C9H6F5N3. The van der Waals surface area contributed by atoms with Crippen molar-refractivity contribution in [2.45, 2.75) is 19.0 Å². The van der Waals surface area contributed by atoms with E-state index in [0.717, 1.165) is 0 Å². The third kappa shape index (κ3) is 2.81. The number of nitrogens with zero attached hydrogens (tertiary/aromatic N) is 2. The summed E-state index contributed by atoms with van der Waals surface area (Å²) in [4.78, 5) is 2.91. The monoisotopic (exact) mass is 251 g/mol. The Labute approximate surface area is 92.7 Å². The zero-order chi connectivity index (χ0) is 13.2. The van der Waals surface area contributed by atoms with Gasteiger partial charge in [0.2, 0.25) is 0 Å². The summed E-state index contributed by atoms with van der Waals surface area (Å²) in [6.07, 6.45) is -8.72. The molecule has 0 bridgehead atoms. The molecule has 1 heterocycles. The van der Waals surface area contributed by atoms with Crippen molar-refractivity contribution in [3.8, 4) is 6.07 Å². The highest BCUT2D eigenvalue weighted by molar-refractivity contribution is 5.46. The van der Waals surface area contributed by atoms with Crippen LogP contribution < -0.4 is 5.73 Å². The summed E-state index contributed by atoms with van der Waals surface area (Å²) in [5.41, 5.74) is 2.04. The Morgan fingerprint density at radius 1 is 1.41 bits per heavy atom. The van der Waals surface area contributed by atoms with E-state index in [0.29, 0.717) is 6.07 Å². The fourth-order valence-electron chi connectivity index (χ4n) is 1.21. The van der Waals surface area contributed by atoms with Gasteiger partial charge in [-0.15, -0.1) is 0 Å². The van der Waals surface area contributed by atoms with E-state index in [4.69, 9.17) is 11.0 Å². The first-order valence-corrected chi connectivity index (χ1v) is 4.29. The topological polar surface area (TPSA) is 62.7 Å². The molecule has 2 N–H and O–H groups in total. The van der Waals surface area contributed by atoms with Gasteiger partial charge < -0.3 is 5.73 Å². The molecule has 0 unspecified atom stereocenters. The van der Waals surface area contributed by atoms with Crippen LogP contribution in [0.1, 0.15) is 23.2 Å². The predicted molar refractivity (Wildman–Crippen MR) is 47.9 cm³/mol. The second-order valence-electron chi connectivity index (χ2n) is 3.10. The van der Waals surface area contributed by atoms with Crippen molar-refractivity contribution in [2.75, 3.05) is 5.73 Å². The molecule has 0 saturated carbocycles. The number of nitrogens with two attached hydrogens (primary N) is 1. The van der Waals surface area contributed by atoms with Crippen molar-refractivity contribution >= 4 is 5.82 Å². The van der Waals surface area contributed by atoms with E-state index in [9.17, 15) is 22.0 Å². The Balaban J connectivity index is 3.42. The van der Waals surface area contributed by atoms with Crippen LogP contribution in [0.3, 0.4) is 0 Å². The summed E-state index contributed by atoms with van der Waals surface area (Å²) in [5.74, 6) is -0.566. The molecule has 1 rings (SSSR count). The first kappa shape index (κ1) is 13.2. The standard InChI is InChI=1S/C9H6F5N3/c10-7(11)5-3-4(1-2-15)8(16)17-6(5)9(12,13)14/h3,7H,1H2,(H2,16,17). The minimum absolute atomic E-state index is 0.143. The number of aromatic nitrogens is 1. The lowest BCUT2D eigenvalue weighted by molar-refractivity contribution is -0.143. The van der Waals surface area contributed by atoms with Crippen molar-refractivity contribution in [3.63, 3.8) is 0 Å². The van der Waals surface area contributed by atoms with E-state index >= 15 is 0 Å². The van der Waals surface area contributed by atoms with Crippen LogP contribution in [0.25, 0.3) is 0 Å². The number of hydrogen-bond acceptors (Lipinski definition) is 3. The molecule has 3 nitrogen and oxygen atoms in total. The lowest BCUT2D eigenvalue weighted by Gasteiger charge is -2.13. The highest BCUT2D eigenvalue weighted by atomic mass is 19.4. The van der Waals surface area contributed by atoms with Crippen LogP contribution in [0.5, 0.6) is 0 Å². The van der Waals surface area contributed by atoms with Crippen molar-refractivity contribution in [2.24, 2.45) is 0 Å². The Hall–Kier alpha value is -1.91. The van der Waals surface area contributed by atoms with Crippen LogP contribution in [-0.2, 0) is 12.6 Å². The lowest BCUT2D eigenvalue weighted by Crippen LogP contribution is -2.15. The first-order valence-electron chi connectivity index (χ1n) is 4.29. The molecule has 1 aromatic heterocycles. The number of rotatable bonds is 2. The van der Waals surface area contributed by atoms with Gasteiger partial charge in [0, 0.05) is 11.1 Å². The molecule has 0 saturated heterocycles. The second kappa shape index (κ2) is 4.53. The zero-order valence-corrected chi connectivity index (χ0v) is 8.22. The van der Waals surface area contributed by atoms with Gasteiger partial charge in [0.25, 0.3) is 6.43 Å². The largest absolute Gasteiger partial charge is 0.433 e. The molecule has 0 aliphatic rings. The van der Waals surface area contributed by atoms with Gasteiger partial charge in [-0.05, 0) is 6.07 Å². The normalized spacial score (nSPS) is 11.6. The predicted octanol–water partition coefficient (Wildman–Crippen LogP) is 2.69. The van der Waals surface area contributed by atoms with Gasteiger partial charge in [0.15, 0.2) is 5.69 Å². The van der Waals surface area contributed by atoms with Gasteiger partial charge in [0.1, 0.15) is 5.82 Å². The van der Waals surface area contributed by atoms with Crippen LogP contribution >= 0.6 is 0 Å². The van der Waals surface area contributed by atoms with Gasteiger partial charge in [0.05, 0.1) is 12.5 Å². The number of anilines is 1. The molecular weight excluding hydrogens is 245 g/mol. The average molecular weight is 251 g/mol. The molecule has 0 aliphatic heterocycles.